The van der Waals surface area contributed by atoms with Crippen molar-refractivity contribution < 1.29 is 27.8 Å². The number of alkyl halides is 3. The molecule has 0 unspecified atom stereocenters. The monoisotopic (exact) mass is 300 g/mol. The Hall–Kier alpha value is -1.79. The highest BCUT2D eigenvalue weighted by atomic mass is 19.4. The van der Waals surface area contributed by atoms with Crippen LogP contribution in [0.2, 0.25) is 0 Å². The summed E-state index contributed by atoms with van der Waals surface area (Å²) in [5.41, 5.74) is 0.504. The van der Waals surface area contributed by atoms with Crippen molar-refractivity contribution in [3.05, 3.63) is 42.0 Å². The number of benzene rings is 2. The maximum atomic E-state index is 12.0. The molecule has 2 aromatic carbocycles. The molecule has 0 aromatic heterocycles. The third kappa shape index (κ3) is 4.09. The van der Waals surface area contributed by atoms with Crippen molar-refractivity contribution in [2.24, 2.45) is 0 Å². The topological polar surface area (TPSA) is 38.7 Å². The Labute approximate surface area is 119 Å². The molecule has 0 aliphatic rings. The fourth-order valence-corrected chi connectivity index (χ4v) is 2.01. The molecule has 1 atom stereocenters. The molecule has 0 heterocycles. The first kappa shape index (κ1) is 15.6. The number of aliphatic hydroxyl groups is 1. The Bertz CT molecular complexity index is 609. The Kier molecular flexibility index (Phi) is 4.69. The van der Waals surface area contributed by atoms with Crippen molar-refractivity contribution in [2.45, 2.75) is 19.2 Å². The van der Waals surface area contributed by atoms with Gasteiger partial charge in [-0.25, -0.2) is 0 Å². The second kappa shape index (κ2) is 6.32. The van der Waals surface area contributed by atoms with E-state index in [9.17, 15) is 18.3 Å². The van der Waals surface area contributed by atoms with Gasteiger partial charge in [0, 0.05) is 10.9 Å². The van der Waals surface area contributed by atoms with Gasteiger partial charge in [0.25, 0.3) is 0 Å². The normalized spacial score (nSPS) is 13.4. The van der Waals surface area contributed by atoms with Crippen LogP contribution >= 0.6 is 0 Å². The van der Waals surface area contributed by atoms with Crippen LogP contribution < -0.4 is 4.74 Å². The first-order valence-corrected chi connectivity index (χ1v) is 6.35. The van der Waals surface area contributed by atoms with Crippen LogP contribution in [-0.4, -0.2) is 24.7 Å². The predicted molar refractivity (Wildman–Crippen MR) is 72.1 cm³/mol. The number of aliphatic hydroxyl groups excluding tert-OH is 1. The SMILES string of the molecule is C[C@H](O)c1ccc2ccccc2c1OCOCC(F)(F)F. The van der Waals surface area contributed by atoms with E-state index in [1.807, 2.05) is 18.2 Å². The maximum Gasteiger partial charge on any atom is 0.411 e. The fourth-order valence-electron chi connectivity index (χ4n) is 2.01. The number of ether oxygens (including phenoxy) is 2. The van der Waals surface area contributed by atoms with Crippen molar-refractivity contribution >= 4 is 10.8 Å². The summed E-state index contributed by atoms with van der Waals surface area (Å²) in [6, 6.07) is 10.8. The van der Waals surface area contributed by atoms with Gasteiger partial charge in [0.2, 0.25) is 0 Å². The summed E-state index contributed by atoms with van der Waals surface area (Å²) in [6.07, 6.45) is -5.19. The van der Waals surface area contributed by atoms with Crippen molar-refractivity contribution in [3.63, 3.8) is 0 Å². The van der Waals surface area contributed by atoms with Gasteiger partial charge >= 0.3 is 6.18 Å². The third-order valence-electron chi connectivity index (χ3n) is 2.91. The smallest absolute Gasteiger partial charge is 0.411 e. The number of fused-ring (bicyclic) bond motifs is 1. The van der Waals surface area contributed by atoms with Crippen LogP contribution in [-0.2, 0) is 4.74 Å². The van der Waals surface area contributed by atoms with Gasteiger partial charge in [0.15, 0.2) is 6.79 Å². The Morgan fingerprint density at radius 2 is 1.86 bits per heavy atom. The van der Waals surface area contributed by atoms with Crippen LogP contribution in [0, 0.1) is 0 Å². The second-order valence-corrected chi connectivity index (χ2v) is 4.61. The van der Waals surface area contributed by atoms with Crippen molar-refractivity contribution in [1.29, 1.82) is 0 Å². The molecule has 0 saturated heterocycles. The van der Waals surface area contributed by atoms with Gasteiger partial charge in [-0.05, 0) is 12.3 Å². The van der Waals surface area contributed by atoms with Gasteiger partial charge in [0.1, 0.15) is 12.4 Å². The Morgan fingerprint density at radius 3 is 2.52 bits per heavy atom. The summed E-state index contributed by atoms with van der Waals surface area (Å²) in [4.78, 5) is 0. The molecule has 0 aliphatic carbocycles. The van der Waals surface area contributed by atoms with Crippen LogP contribution in [0.3, 0.4) is 0 Å². The van der Waals surface area contributed by atoms with E-state index in [1.54, 1.807) is 25.1 Å². The van der Waals surface area contributed by atoms with Gasteiger partial charge in [-0.2, -0.15) is 13.2 Å². The molecular formula is C15H15F3O3. The van der Waals surface area contributed by atoms with E-state index in [0.29, 0.717) is 16.7 Å². The molecular weight excluding hydrogens is 285 g/mol. The largest absolute Gasteiger partial charge is 0.467 e. The summed E-state index contributed by atoms with van der Waals surface area (Å²) in [5, 5.41) is 11.3. The van der Waals surface area contributed by atoms with Crippen LogP contribution in [0.15, 0.2) is 36.4 Å². The number of rotatable bonds is 5. The zero-order valence-corrected chi connectivity index (χ0v) is 11.4. The van der Waals surface area contributed by atoms with E-state index in [1.165, 1.54) is 0 Å². The summed E-state index contributed by atoms with van der Waals surface area (Å²) < 4.78 is 45.8. The van der Waals surface area contributed by atoms with E-state index in [0.717, 1.165) is 5.39 Å². The molecule has 1 N–H and O–H groups in total. The molecule has 0 fully saturated rings. The van der Waals surface area contributed by atoms with E-state index in [-0.39, 0.29) is 0 Å². The molecule has 0 bridgehead atoms. The highest BCUT2D eigenvalue weighted by Crippen LogP contribution is 2.33. The molecule has 0 aliphatic heterocycles. The Balaban J connectivity index is 2.21. The minimum Gasteiger partial charge on any atom is -0.467 e. The van der Waals surface area contributed by atoms with E-state index in [2.05, 4.69) is 4.74 Å². The van der Waals surface area contributed by atoms with Crippen LogP contribution in [0.4, 0.5) is 13.2 Å². The van der Waals surface area contributed by atoms with Crippen LogP contribution in [0.5, 0.6) is 5.75 Å². The lowest BCUT2D eigenvalue weighted by Crippen LogP contribution is -2.19. The van der Waals surface area contributed by atoms with Gasteiger partial charge < -0.3 is 14.6 Å². The lowest BCUT2D eigenvalue weighted by molar-refractivity contribution is -0.186. The zero-order chi connectivity index (χ0) is 15.5. The second-order valence-electron chi connectivity index (χ2n) is 4.61. The van der Waals surface area contributed by atoms with Crippen molar-refractivity contribution in [1.82, 2.24) is 0 Å². The number of hydrogen-bond acceptors (Lipinski definition) is 3. The van der Waals surface area contributed by atoms with Gasteiger partial charge in [-0.15, -0.1) is 0 Å². The minimum atomic E-state index is -4.39. The minimum absolute atomic E-state index is 0.338. The lowest BCUT2D eigenvalue weighted by atomic mass is 10.0. The zero-order valence-electron chi connectivity index (χ0n) is 11.4. The standard InChI is InChI=1S/C15H15F3O3/c1-10(19)12-7-6-11-4-2-3-5-13(11)14(12)21-9-20-8-15(16,17)18/h2-7,10,19H,8-9H2,1H3/t10-/m0/s1. The molecule has 114 valence electrons. The van der Waals surface area contributed by atoms with Crippen molar-refractivity contribution in [2.75, 3.05) is 13.4 Å². The van der Waals surface area contributed by atoms with E-state index < -0.39 is 25.7 Å². The average molecular weight is 300 g/mol. The van der Waals surface area contributed by atoms with Crippen LogP contribution in [0.1, 0.15) is 18.6 Å². The van der Waals surface area contributed by atoms with Gasteiger partial charge in [0.05, 0.1) is 6.10 Å². The molecule has 0 radical (unpaired) electrons. The first-order chi connectivity index (χ1) is 9.88. The van der Waals surface area contributed by atoms with Gasteiger partial charge in [-0.1, -0.05) is 36.4 Å². The lowest BCUT2D eigenvalue weighted by Gasteiger charge is -2.16. The highest BCUT2D eigenvalue weighted by Gasteiger charge is 2.27. The molecule has 2 aromatic rings. The van der Waals surface area contributed by atoms with Crippen LogP contribution in [0.25, 0.3) is 10.8 Å². The van der Waals surface area contributed by atoms with E-state index in [4.69, 9.17) is 4.74 Å². The highest BCUT2D eigenvalue weighted by molar-refractivity contribution is 5.89. The van der Waals surface area contributed by atoms with Gasteiger partial charge in [-0.3, -0.25) is 0 Å². The summed E-state index contributed by atoms with van der Waals surface area (Å²) >= 11 is 0. The summed E-state index contributed by atoms with van der Waals surface area (Å²) in [6.45, 7) is -0.345. The number of halogens is 3. The summed E-state index contributed by atoms with van der Waals surface area (Å²) in [5.74, 6) is 0.338. The molecule has 0 spiro atoms. The molecule has 2 rings (SSSR count). The summed E-state index contributed by atoms with van der Waals surface area (Å²) in [7, 11) is 0. The first-order valence-electron chi connectivity index (χ1n) is 6.35. The number of hydrogen-bond donors (Lipinski definition) is 1. The third-order valence-corrected chi connectivity index (χ3v) is 2.91. The fraction of sp³-hybridized carbons (Fsp3) is 0.333. The quantitative estimate of drug-likeness (QED) is 0.674. The van der Waals surface area contributed by atoms with E-state index >= 15 is 0 Å². The maximum absolute atomic E-state index is 12.0. The molecule has 0 amide bonds. The van der Waals surface area contributed by atoms with Crippen molar-refractivity contribution in [3.8, 4) is 5.75 Å². The average Bonchev–Trinajstić information content (AvgIpc) is 2.42. The predicted octanol–water partition coefficient (Wildman–Crippen LogP) is 3.81. The Morgan fingerprint density at radius 1 is 1.14 bits per heavy atom. The molecule has 3 nitrogen and oxygen atoms in total. The molecule has 6 heteroatoms. The molecule has 0 saturated carbocycles. The molecule has 21 heavy (non-hydrogen) atoms.